The number of carbonyl (C=O) groups is 1. The van der Waals surface area contributed by atoms with Crippen LogP contribution in [0.2, 0.25) is 0 Å². The molecule has 1 saturated heterocycles. The summed E-state index contributed by atoms with van der Waals surface area (Å²) in [6, 6.07) is 7.58. The van der Waals surface area contributed by atoms with Crippen LogP contribution in [-0.2, 0) is 16.1 Å². The van der Waals surface area contributed by atoms with Gasteiger partial charge in [-0.3, -0.25) is 9.78 Å². The van der Waals surface area contributed by atoms with Gasteiger partial charge < -0.3 is 14.4 Å². The van der Waals surface area contributed by atoms with Gasteiger partial charge in [-0.25, -0.2) is 9.89 Å². The van der Waals surface area contributed by atoms with Gasteiger partial charge in [-0.15, -0.1) is 0 Å². The highest BCUT2D eigenvalue weighted by Gasteiger charge is 2.29. The molecule has 3 rings (SSSR count). The number of aromatic nitrogens is 3. The monoisotopic (exact) mass is 374 g/mol. The van der Waals surface area contributed by atoms with E-state index in [9.17, 15) is 9.59 Å². The number of carbonyl (C=O) groups excluding carboxylic acids is 1. The lowest BCUT2D eigenvalue weighted by atomic mass is 10.0. The summed E-state index contributed by atoms with van der Waals surface area (Å²) >= 11 is 0. The molecule has 27 heavy (non-hydrogen) atoms. The molecule has 0 aliphatic carbocycles. The topological polar surface area (TPSA) is 100 Å². The molecule has 0 radical (unpaired) electrons. The molecular formula is C19H26N4O4. The van der Waals surface area contributed by atoms with Crippen LogP contribution in [-0.4, -0.2) is 46.2 Å². The van der Waals surface area contributed by atoms with Crippen molar-refractivity contribution in [1.82, 2.24) is 20.1 Å². The van der Waals surface area contributed by atoms with Crippen LogP contribution < -0.4 is 10.4 Å². The van der Waals surface area contributed by atoms with Gasteiger partial charge in [0.15, 0.2) is 5.82 Å². The maximum atomic E-state index is 12.6. The first-order chi connectivity index (χ1) is 13.2. The Morgan fingerprint density at radius 3 is 2.81 bits per heavy atom. The number of hydrogen-bond donors (Lipinski definition) is 2. The van der Waals surface area contributed by atoms with Crippen molar-refractivity contribution >= 4 is 5.91 Å². The average molecular weight is 374 g/mol. The molecule has 0 spiro atoms. The van der Waals surface area contributed by atoms with Crippen molar-refractivity contribution in [2.24, 2.45) is 0 Å². The molecule has 1 aliphatic rings. The van der Waals surface area contributed by atoms with Gasteiger partial charge in [0.1, 0.15) is 5.75 Å². The summed E-state index contributed by atoms with van der Waals surface area (Å²) in [5.74, 6) is 1.44. The molecule has 8 nitrogen and oxygen atoms in total. The van der Waals surface area contributed by atoms with E-state index >= 15 is 0 Å². The molecule has 146 valence electrons. The molecule has 1 amide bonds. The van der Waals surface area contributed by atoms with Crippen LogP contribution in [0.5, 0.6) is 5.75 Å². The molecule has 1 fully saturated rings. The number of nitrogens with zero attached hydrogens (tertiary/aromatic N) is 2. The van der Waals surface area contributed by atoms with Gasteiger partial charge in [-0.1, -0.05) is 12.1 Å². The number of amides is 1. The molecule has 1 aromatic carbocycles. The maximum Gasteiger partial charge on any atom is 0.340 e. The van der Waals surface area contributed by atoms with Crippen LogP contribution in [0.25, 0.3) is 0 Å². The Balaban J connectivity index is 1.43. The van der Waals surface area contributed by atoms with E-state index in [0.29, 0.717) is 38.4 Å². The summed E-state index contributed by atoms with van der Waals surface area (Å²) in [6.07, 6.45) is 3.91. The number of ether oxygens (including phenoxy) is 2. The molecule has 0 unspecified atom stereocenters. The second kappa shape index (κ2) is 9.36. The predicted molar refractivity (Wildman–Crippen MR) is 99.4 cm³/mol. The van der Waals surface area contributed by atoms with Crippen molar-refractivity contribution in [3.8, 4) is 5.75 Å². The minimum atomic E-state index is -0.338. The SMILES string of the molecule is COc1ccc(COCCCC(=O)N2CCCC[C@@H]2c2n[nH]c(=O)[nH]2)cc1. The summed E-state index contributed by atoms with van der Waals surface area (Å²) in [4.78, 5) is 28.4. The summed E-state index contributed by atoms with van der Waals surface area (Å²) < 4.78 is 10.8. The average Bonchev–Trinajstić information content (AvgIpc) is 3.14. The Kier molecular flexibility index (Phi) is 6.64. The zero-order valence-corrected chi connectivity index (χ0v) is 15.6. The lowest BCUT2D eigenvalue weighted by Gasteiger charge is -2.34. The van der Waals surface area contributed by atoms with E-state index in [1.807, 2.05) is 29.2 Å². The van der Waals surface area contributed by atoms with Gasteiger partial charge in [0.25, 0.3) is 0 Å². The van der Waals surface area contributed by atoms with E-state index in [-0.39, 0.29) is 17.6 Å². The number of nitrogens with one attached hydrogen (secondary N) is 2. The van der Waals surface area contributed by atoms with Crippen molar-refractivity contribution in [2.45, 2.75) is 44.8 Å². The van der Waals surface area contributed by atoms with Crippen molar-refractivity contribution in [3.63, 3.8) is 0 Å². The lowest BCUT2D eigenvalue weighted by Crippen LogP contribution is -2.39. The Morgan fingerprint density at radius 2 is 2.11 bits per heavy atom. The Bertz CT molecular complexity index is 784. The zero-order valence-electron chi connectivity index (χ0n) is 15.6. The van der Waals surface area contributed by atoms with Crippen molar-refractivity contribution in [1.29, 1.82) is 0 Å². The summed E-state index contributed by atoms with van der Waals surface area (Å²) in [6.45, 7) is 1.74. The number of likely N-dealkylation sites (tertiary alicyclic amines) is 1. The van der Waals surface area contributed by atoms with Crippen LogP contribution >= 0.6 is 0 Å². The fourth-order valence-corrected chi connectivity index (χ4v) is 3.34. The van der Waals surface area contributed by atoms with Crippen LogP contribution in [0.3, 0.4) is 0 Å². The highest BCUT2D eigenvalue weighted by Crippen LogP contribution is 2.28. The van der Waals surface area contributed by atoms with Gasteiger partial charge in [0.2, 0.25) is 5.91 Å². The fraction of sp³-hybridized carbons (Fsp3) is 0.526. The molecule has 0 saturated carbocycles. The second-order valence-electron chi connectivity index (χ2n) is 6.67. The van der Waals surface area contributed by atoms with E-state index in [0.717, 1.165) is 30.6 Å². The number of piperidine rings is 1. The smallest absolute Gasteiger partial charge is 0.340 e. The quantitative estimate of drug-likeness (QED) is 0.690. The number of H-pyrrole nitrogens is 2. The van der Waals surface area contributed by atoms with E-state index in [2.05, 4.69) is 15.2 Å². The first-order valence-electron chi connectivity index (χ1n) is 9.32. The highest BCUT2D eigenvalue weighted by atomic mass is 16.5. The van der Waals surface area contributed by atoms with Gasteiger partial charge in [-0.05, 0) is 43.4 Å². The maximum absolute atomic E-state index is 12.6. The molecule has 1 aliphatic heterocycles. The Labute approximate surface area is 157 Å². The van der Waals surface area contributed by atoms with Gasteiger partial charge in [0, 0.05) is 19.6 Å². The van der Waals surface area contributed by atoms with Crippen LogP contribution in [0, 0.1) is 0 Å². The molecule has 0 bridgehead atoms. The highest BCUT2D eigenvalue weighted by molar-refractivity contribution is 5.76. The molecule has 1 atom stereocenters. The Hall–Kier alpha value is -2.61. The van der Waals surface area contributed by atoms with Gasteiger partial charge in [-0.2, -0.15) is 5.10 Å². The fourth-order valence-electron chi connectivity index (χ4n) is 3.34. The minimum Gasteiger partial charge on any atom is -0.497 e. The van der Waals surface area contributed by atoms with E-state index in [4.69, 9.17) is 9.47 Å². The number of hydrogen-bond acceptors (Lipinski definition) is 5. The third kappa shape index (κ3) is 5.19. The van der Waals surface area contributed by atoms with Crippen LogP contribution in [0.1, 0.15) is 49.5 Å². The minimum absolute atomic E-state index is 0.0802. The van der Waals surface area contributed by atoms with E-state index < -0.39 is 0 Å². The normalized spacial score (nSPS) is 17.1. The summed E-state index contributed by atoms with van der Waals surface area (Å²) in [5, 5.41) is 6.39. The number of methoxy groups -OCH3 is 1. The predicted octanol–water partition coefficient (Wildman–Crippen LogP) is 2.16. The summed E-state index contributed by atoms with van der Waals surface area (Å²) in [7, 11) is 1.64. The van der Waals surface area contributed by atoms with Crippen molar-refractivity contribution in [3.05, 3.63) is 46.1 Å². The number of aromatic amines is 2. The van der Waals surface area contributed by atoms with Gasteiger partial charge in [0.05, 0.1) is 19.8 Å². The zero-order chi connectivity index (χ0) is 19.1. The van der Waals surface area contributed by atoms with Crippen molar-refractivity contribution in [2.75, 3.05) is 20.3 Å². The lowest BCUT2D eigenvalue weighted by molar-refractivity contribution is -0.135. The van der Waals surface area contributed by atoms with E-state index in [1.54, 1.807) is 7.11 Å². The standard InChI is InChI=1S/C19H26N4O4/c1-26-15-9-7-14(8-10-15)13-27-12-4-6-17(24)23-11-3-2-5-16(23)18-20-19(25)22-21-18/h7-10,16H,2-6,11-13H2,1H3,(H2,20,21,22,25)/t16-/m1/s1. The third-order valence-electron chi connectivity index (χ3n) is 4.77. The number of benzene rings is 1. The molecule has 8 heteroatoms. The molecule has 1 aromatic heterocycles. The van der Waals surface area contributed by atoms with Crippen LogP contribution in [0.15, 0.2) is 29.1 Å². The van der Waals surface area contributed by atoms with Crippen LogP contribution in [0.4, 0.5) is 0 Å². The molecular weight excluding hydrogens is 348 g/mol. The van der Waals surface area contributed by atoms with Gasteiger partial charge >= 0.3 is 5.69 Å². The third-order valence-corrected chi connectivity index (χ3v) is 4.77. The largest absolute Gasteiger partial charge is 0.497 e. The number of rotatable bonds is 8. The first-order valence-corrected chi connectivity index (χ1v) is 9.32. The summed E-state index contributed by atoms with van der Waals surface area (Å²) in [5.41, 5.74) is 0.732. The van der Waals surface area contributed by atoms with Crippen molar-refractivity contribution < 1.29 is 14.3 Å². The second-order valence-corrected chi connectivity index (χ2v) is 6.67. The van der Waals surface area contributed by atoms with E-state index in [1.165, 1.54) is 0 Å². The Morgan fingerprint density at radius 1 is 1.30 bits per heavy atom. The molecule has 2 aromatic rings. The molecule has 2 N–H and O–H groups in total. The molecule has 2 heterocycles. The first kappa shape index (κ1) is 19.2.